The average molecular weight is 395 g/mol. The zero-order chi connectivity index (χ0) is 19.5. The SMILES string of the molecule is CN(C(=O)c1cn(Cc2ccccc2)nc1-c1ccc(Cl)cc1)C1CCNC1. The minimum Gasteiger partial charge on any atom is -0.337 e. The molecule has 1 aliphatic heterocycles. The van der Waals surface area contributed by atoms with Gasteiger partial charge in [-0.2, -0.15) is 5.10 Å². The van der Waals surface area contributed by atoms with Gasteiger partial charge >= 0.3 is 0 Å². The zero-order valence-electron chi connectivity index (χ0n) is 15.8. The molecule has 1 atom stereocenters. The van der Waals surface area contributed by atoms with E-state index in [1.54, 1.807) is 0 Å². The Labute approximate surface area is 169 Å². The van der Waals surface area contributed by atoms with Crippen LogP contribution in [0.15, 0.2) is 60.8 Å². The summed E-state index contributed by atoms with van der Waals surface area (Å²) < 4.78 is 1.84. The number of likely N-dealkylation sites (N-methyl/N-ethyl adjacent to an activating group) is 1. The first-order chi connectivity index (χ1) is 13.6. The lowest BCUT2D eigenvalue weighted by Gasteiger charge is -2.23. The van der Waals surface area contributed by atoms with Gasteiger partial charge in [0, 0.05) is 36.4 Å². The highest BCUT2D eigenvalue weighted by Crippen LogP contribution is 2.26. The molecule has 4 rings (SSSR count). The average Bonchev–Trinajstić information content (AvgIpc) is 3.38. The lowest BCUT2D eigenvalue weighted by Crippen LogP contribution is -2.38. The third kappa shape index (κ3) is 3.96. The zero-order valence-corrected chi connectivity index (χ0v) is 16.6. The van der Waals surface area contributed by atoms with E-state index in [-0.39, 0.29) is 11.9 Å². The van der Waals surface area contributed by atoms with Crippen molar-refractivity contribution >= 4 is 17.5 Å². The van der Waals surface area contributed by atoms with Crippen molar-refractivity contribution in [1.82, 2.24) is 20.0 Å². The van der Waals surface area contributed by atoms with E-state index < -0.39 is 0 Å². The summed E-state index contributed by atoms with van der Waals surface area (Å²) >= 11 is 6.04. The summed E-state index contributed by atoms with van der Waals surface area (Å²) in [6.45, 7) is 2.39. The van der Waals surface area contributed by atoms with E-state index >= 15 is 0 Å². The highest BCUT2D eigenvalue weighted by Gasteiger charge is 2.27. The van der Waals surface area contributed by atoms with Crippen molar-refractivity contribution in [3.8, 4) is 11.3 Å². The van der Waals surface area contributed by atoms with Gasteiger partial charge in [0.15, 0.2) is 0 Å². The van der Waals surface area contributed by atoms with E-state index in [0.717, 1.165) is 30.6 Å². The van der Waals surface area contributed by atoms with Crippen LogP contribution in [0.25, 0.3) is 11.3 Å². The Morgan fingerprint density at radius 1 is 1.21 bits per heavy atom. The summed E-state index contributed by atoms with van der Waals surface area (Å²) in [6, 6.07) is 17.8. The second kappa shape index (κ2) is 8.17. The number of carbonyl (C=O) groups excluding carboxylic acids is 1. The summed E-state index contributed by atoms with van der Waals surface area (Å²) in [5.41, 5.74) is 3.33. The third-order valence-electron chi connectivity index (χ3n) is 5.20. The molecular formula is C22H23ClN4O. The Hall–Kier alpha value is -2.63. The van der Waals surface area contributed by atoms with Gasteiger partial charge in [0.25, 0.3) is 5.91 Å². The molecule has 144 valence electrons. The van der Waals surface area contributed by atoms with Crippen molar-refractivity contribution in [1.29, 1.82) is 0 Å². The normalized spacial score (nSPS) is 16.3. The number of hydrogen-bond acceptors (Lipinski definition) is 3. The van der Waals surface area contributed by atoms with Crippen molar-refractivity contribution < 1.29 is 4.79 Å². The van der Waals surface area contributed by atoms with E-state index in [1.165, 1.54) is 0 Å². The van der Waals surface area contributed by atoms with Crippen LogP contribution in [0.3, 0.4) is 0 Å². The number of rotatable bonds is 5. The van der Waals surface area contributed by atoms with Crippen molar-refractivity contribution in [3.63, 3.8) is 0 Å². The lowest BCUT2D eigenvalue weighted by atomic mass is 10.1. The molecule has 0 aliphatic carbocycles. The predicted octanol–water partition coefficient (Wildman–Crippen LogP) is 3.69. The number of benzene rings is 2. The van der Waals surface area contributed by atoms with E-state index in [4.69, 9.17) is 16.7 Å². The molecular weight excluding hydrogens is 372 g/mol. The van der Waals surface area contributed by atoms with Gasteiger partial charge in [-0.1, -0.05) is 54.1 Å². The van der Waals surface area contributed by atoms with E-state index in [1.807, 2.05) is 65.3 Å². The highest BCUT2D eigenvalue weighted by molar-refractivity contribution is 6.30. The number of aromatic nitrogens is 2. The van der Waals surface area contributed by atoms with Crippen LogP contribution in [0.5, 0.6) is 0 Å². The molecule has 1 N–H and O–H groups in total. The van der Waals surface area contributed by atoms with Crippen LogP contribution >= 0.6 is 11.6 Å². The monoisotopic (exact) mass is 394 g/mol. The molecule has 2 heterocycles. The Morgan fingerprint density at radius 3 is 2.64 bits per heavy atom. The van der Waals surface area contributed by atoms with Crippen molar-refractivity contribution in [2.75, 3.05) is 20.1 Å². The highest BCUT2D eigenvalue weighted by atomic mass is 35.5. The van der Waals surface area contributed by atoms with Crippen LogP contribution in [-0.4, -0.2) is 46.8 Å². The third-order valence-corrected chi connectivity index (χ3v) is 5.45. The molecule has 1 unspecified atom stereocenters. The minimum absolute atomic E-state index is 0.00189. The number of nitrogens with one attached hydrogen (secondary N) is 1. The first kappa shape index (κ1) is 18.7. The topological polar surface area (TPSA) is 50.2 Å². The Balaban J connectivity index is 1.69. The molecule has 6 heteroatoms. The first-order valence-electron chi connectivity index (χ1n) is 9.47. The molecule has 1 aliphatic rings. The summed E-state index contributed by atoms with van der Waals surface area (Å²) in [5, 5.41) is 8.73. The van der Waals surface area contributed by atoms with Crippen LogP contribution in [0.1, 0.15) is 22.3 Å². The van der Waals surface area contributed by atoms with Gasteiger partial charge in [-0.3, -0.25) is 9.48 Å². The fourth-order valence-electron chi connectivity index (χ4n) is 3.58. The predicted molar refractivity (Wildman–Crippen MR) is 112 cm³/mol. The second-order valence-corrected chi connectivity index (χ2v) is 7.58. The van der Waals surface area contributed by atoms with Crippen molar-refractivity contribution in [3.05, 3.63) is 76.9 Å². The van der Waals surface area contributed by atoms with Gasteiger partial charge in [0.2, 0.25) is 0 Å². The molecule has 0 radical (unpaired) electrons. The maximum atomic E-state index is 13.3. The summed E-state index contributed by atoms with van der Waals surface area (Å²) in [6.07, 6.45) is 2.83. The second-order valence-electron chi connectivity index (χ2n) is 7.14. The maximum absolute atomic E-state index is 13.3. The van der Waals surface area contributed by atoms with Crippen LogP contribution in [0.2, 0.25) is 5.02 Å². The quantitative estimate of drug-likeness (QED) is 0.718. The smallest absolute Gasteiger partial charge is 0.257 e. The summed E-state index contributed by atoms with van der Waals surface area (Å²) in [7, 11) is 1.88. The molecule has 1 saturated heterocycles. The number of amides is 1. The maximum Gasteiger partial charge on any atom is 0.257 e. The largest absolute Gasteiger partial charge is 0.337 e. The molecule has 0 bridgehead atoms. The van der Waals surface area contributed by atoms with Crippen molar-refractivity contribution in [2.24, 2.45) is 0 Å². The molecule has 28 heavy (non-hydrogen) atoms. The van der Waals surface area contributed by atoms with Crippen LogP contribution < -0.4 is 5.32 Å². The Bertz CT molecular complexity index is 946. The standard InChI is InChI=1S/C22H23ClN4O/c1-26(19-11-12-24-13-19)22(28)20-15-27(14-16-5-3-2-4-6-16)25-21(20)17-7-9-18(23)10-8-17/h2-10,15,19,24H,11-14H2,1H3. The number of nitrogens with zero attached hydrogens (tertiary/aromatic N) is 3. The van der Waals surface area contributed by atoms with Crippen LogP contribution in [0.4, 0.5) is 0 Å². The van der Waals surface area contributed by atoms with Gasteiger partial charge in [0.1, 0.15) is 5.69 Å². The fraction of sp³-hybridized carbons (Fsp3) is 0.273. The van der Waals surface area contributed by atoms with E-state index in [0.29, 0.717) is 22.8 Å². The number of carbonyl (C=O) groups is 1. The fourth-order valence-corrected chi connectivity index (χ4v) is 3.70. The number of halogens is 1. The Kier molecular flexibility index (Phi) is 5.46. The molecule has 0 spiro atoms. The number of hydrogen-bond donors (Lipinski definition) is 1. The van der Waals surface area contributed by atoms with Gasteiger partial charge < -0.3 is 10.2 Å². The van der Waals surface area contributed by atoms with Crippen molar-refractivity contribution in [2.45, 2.75) is 19.0 Å². The lowest BCUT2D eigenvalue weighted by molar-refractivity contribution is 0.0744. The van der Waals surface area contributed by atoms with E-state index in [2.05, 4.69) is 17.4 Å². The first-order valence-corrected chi connectivity index (χ1v) is 9.85. The van der Waals surface area contributed by atoms with Gasteiger partial charge in [-0.05, 0) is 30.7 Å². The van der Waals surface area contributed by atoms with Crippen LogP contribution in [-0.2, 0) is 6.54 Å². The summed E-state index contributed by atoms with van der Waals surface area (Å²) in [5.74, 6) is -0.00189. The Morgan fingerprint density at radius 2 is 1.96 bits per heavy atom. The van der Waals surface area contributed by atoms with Gasteiger partial charge in [-0.15, -0.1) is 0 Å². The molecule has 0 saturated carbocycles. The van der Waals surface area contributed by atoms with E-state index in [9.17, 15) is 4.79 Å². The molecule has 3 aromatic rings. The summed E-state index contributed by atoms with van der Waals surface area (Å²) in [4.78, 5) is 15.1. The molecule has 2 aromatic carbocycles. The molecule has 1 aromatic heterocycles. The van der Waals surface area contributed by atoms with Gasteiger partial charge in [-0.25, -0.2) is 0 Å². The van der Waals surface area contributed by atoms with Gasteiger partial charge in [0.05, 0.1) is 12.1 Å². The molecule has 1 fully saturated rings. The molecule has 5 nitrogen and oxygen atoms in total. The van der Waals surface area contributed by atoms with Crippen LogP contribution in [0, 0.1) is 0 Å². The minimum atomic E-state index is -0.00189. The molecule has 1 amide bonds.